The Bertz CT molecular complexity index is 501. The van der Waals surface area contributed by atoms with Crippen molar-refractivity contribution in [3.05, 3.63) is 29.3 Å². The average Bonchev–Trinajstić information content (AvgIpc) is 2.93. The van der Waals surface area contributed by atoms with E-state index in [-0.39, 0.29) is 0 Å². The van der Waals surface area contributed by atoms with Crippen LogP contribution in [0, 0.1) is 5.41 Å². The van der Waals surface area contributed by atoms with Crippen molar-refractivity contribution >= 4 is 5.97 Å². The van der Waals surface area contributed by atoms with Gasteiger partial charge in [0.15, 0.2) is 0 Å². The maximum absolute atomic E-state index is 11.6. The van der Waals surface area contributed by atoms with Crippen molar-refractivity contribution in [3.63, 3.8) is 0 Å². The number of hydrogen-bond donors (Lipinski definition) is 1. The van der Waals surface area contributed by atoms with E-state index in [2.05, 4.69) is 12.1 Å². The average molecular weight is 274 g/mol. The van der Waals surface area contributed by atoms with Gasteiger partial charge in [-0.3, -0.25) is 4.79 Å². The molecule has 20 heavy (non-hydrogen) atoms. The third kappa shape index (κ3) is 2.54. The van der Waals surface area contributed by atoms with E-state index in [0.29, 0.717) is 6.61 Å². The third-order valence-electron chi connectivity index (χ3n) is 4.85. The number of carboxylic acid groups (broad SMARTS) is 1. The fraction of sp³-hybridized carbons (Fsp3) is 0.588. The fourth-order valence-electron chi connectivity index (χ4n) is 3.51. The van der Waals surface area contributed by atoms with Gasteiger partial charge >= 0.3 is 5.97 Å². The van der Waals surface area contributed by atoms with Crippen LogP contribution >= 0.6 is 0 Å². The second kappa shape index (κ2) is 5.47. The molecule has 1 N–H and O–H groups in total. The molecule has 3 nitrogen and oxygen atoms in total. The molecular weight excluding hydrogens is 252 g/mol. The minimum absolute atomic E-state index is 0.307. The smallest absolute Gasteiger partial charge is 0.313 e. The molecule has 0 saturated heterocycles. The second-order valence-corrected chi connectivity index (χ2v) is 6.22. The van der Waals surface area contributed by atoms with E-state index < -0.39 is 11.4 Å². The van der Waals surface area contributed by atoms with E-state index in [1.807, 2.05) is 6.07 Å². The summed E-state index contributed by atoms with van der Waals surface area (Å²) in [7, 11) is 0. The molecule has 0 bridgehead atoms. The molecule has 0 atom stereocenters. The minimum atomic E-state index is -0.696. The highest BCUT2D eigenvalue weighted by molar-refractivity contribution is 5.75. The standard InChI is InChI=1S/C17H22O3/c18-16(19)17(9-2-1-3-10-17)12-20-15-8-7-13-5-4-6-14(13)11-15/h7-8,11H,1-6,9-10,12H2,(H,18,19). The summed E-state index contributed by atoms with van der Waals surface area (Å²) in [6.45, 7) is 0.307. The van der Waals surface area contributed by atoms with Crippen LogP contribution in [0.3, 0.4) is 0 Å². The first-order chi connectivity index (χ1) is 9.70. The van der Waals surface area contributed by atoms with Crippen LogP contribution < -0.4 is 4.74 Å². The molecule has 0 spiro atoms. The molecule has 1 aromatic rings. The first-order valence-corrected chi connectivity index (χ1v) is 7.68. The quantitative estimate of drug-likeness (QED) is 0.912. The molecule has 0 aliphatic heterocycles. The summed E-state index contributed by atoms with van der Waals surface area (Å²) in [6, 6.07) is 6.22. The van der Waals surface area contributed by atoms with Gasteiger partial charge in [-0.25, -0.2) is 0 Å². The van der Waals surface area contributed by atoms with E-state index in [1.165, 1.54) is 17.5 Å². The van der Waals surface area contributed by atoms with E-state index in [1.54, 1.807) is 0 Å². The molecule has 3 rings (SSSR count). The lowest BCUT2D eigenvalue weighted by Gasteiger charge is -2.32. The molecule has 1 saturated carbocycles. The molecule has 1 fully saturated rings. The van der Waals surface area contributed by atoms with Gasteiger partial charge in [0.2, 0.25) is 0 Å². The van der Waals surface area contributed by atoms with Gasteiger partial charge in [0.05, 0.1) is 0 Å². The normalized spacial score (nSPS) is 20.4. The lowest BCUT2D eigenvalue weighted by molar-refractivity contribution is -0.153. The number of ether oxygens (including phenoxy) is 1. The predicted molar refractivity (Wildman–Crippen MR) is 77.1 cm³/mol. The summed E-state index contributed by atoms with van der Waals surface area (Å²) in [5, 5.41) is 9.54. The highest BCUT2D eigenvalue weighted by Crippen LogP contribution is 2.37. The zero-order valence-electron chi connectivity index (χ0n) is 11.9. The van der Waals surface area contributed by atoms with Crippen LogP contribution in [0.1, 0.15) is 49.7 Å². The van der Waals surface area contributed by atoms with Crippen molar-refractivity contribution in [1.29, 1.82) is 0 Å². The lowest BCUT2D eigenvalue weighted by atomic mass is 9.75. The predicted octanol–water partition coefficient (Wildman–Crippen LogP) is 3.59. The summed E-state index contributed by atoms with van der Waals surface area (Å²) in [6.07, 6.45) is 8.14. The summed E-state index contributed by atoms with van der Waals surface area (Å²) in [5.41, 5.74) is 2.12. The fourth-order valence-corrected chi connectivity index (χ4v) is 3.51. The van der Waals surface area contributed by atoms with Gasteiger partial charge in [0.25, 0.3) is 0 Å². The van der Waals surface area contributed by atoms with E-state index >= 15 is 0 Å². The molecule has 0 aromatic heterocycles. The van der Waals surface area contributed by atoms with Crippen molar-refractivity contribution < 1.29 is 14.6 Å². The molecule has 0 heterocycles. The van der Waals surface area contributed by atoms with E-state index in [9.17, 15) is 9.90 Å². The Labute approximate surface area is 120 Å². The van der Waals surface area contributed by atoms with Crippen LogP contribution in [-0.4, -0.2) is 17.7 Å². The van der Waals surface area contributed by atoms with Crippen LogP contribution in [-0.2, 0) is 17.6 Å². The number of benzene rings is 1. The van der Waals surface area contributed by atoms with E-state index in [4.69, 9.17) is 4.74 Å². The van der Waals surface area contributed by atoms with Crippen molar-refractivity contribution in [2.75, 3.05) is 6.61 Å². The van der Waals surface area contributed by atoms with Crippen molar-refractivity contribution in [2.24, 2.45) is 5.41 Å². The molecule has 0 radical (unpaired) electrons. The maximum atomic E-state index is 11.6. The number of aliphatic carboxylic acids is 1. The summed E-state index contributed by atoms with van der Waals surface area (Å²) in [5.74, 6) is 0.134. The van der Waals surface area contributed by atoms with Crippen molar-refractivity contribution in [1.82, 2.24) is 0 Å². The number of fused-ring (bicyclic) bond motifs is 1. The highest BCUT2D eigenvalue weighted by atomic mass is 16.5. The van der Waals surface area contributed by atoms with Gasteiger partial charge in [-0.1, -0.05) is 25.3 Å². The van der Waals surface area contributed by atoms with Gasteiger partial charge < -0.3 is 9.84 Å². The number of carboxylic acids is 1. The van der Waals surface area contributed by atoms with Crippen LogP contribution in [0.4, 0.5) is 0 Å². The maximum Gasteiger partial charge on any atom is 0.313 e. The largest absolute Gasteiger partial charge is 0.492 e. The van der Waals surface area contributed by atoms with Gasteiger partial charge in [-0.05, 0) is 55.4 Å². The SMILES string of the molecule is O=C(O)C1(COc2ccc3c(c2)CCC3)CCCCC1. The molecule has 1 aromatic carbocycles. The van der Waals surface area contributed by atoms with Crippen molar-refractivity contribution in [2.45, 2.75) is 51.4 Å². The topological polar surface area (TPSA) is 46.5 Å². The third-order valence-corrected chi connectivity index (χ3v) is 4.85. The second-order valence-electron chi connectivity index (χ2n) is 6.22. The van der Waals surface area contributed by atoms with Gasteiger partial charge in [-0.2, -0.15) is 0 Å². The summed E-state index contributed by atoms with van der Waals surface area (Å²) in [4.78, 5) is 11.6. The monoisotopic (exact) mass is 274 g/mol. The first kappa shape index (κ1) is 13.5. The van der Waals surface area contributed by atoms with E-state index in [0.717, 1.165) is 50.7 Å². The summed E-state index contributed by atoms with van der Waals surface area (Å²) >= 11 is 0. The van der Waals surface area contributed by atoms with Crippen molar-refractivity contribution in [3.8, 4) is 5.75 Å². The number of carbonyl (C=O) groups is 1. The Kier molecular flexibility index (Phi) is 3.68. The molecular formula is C17H22O3. The van der Waals surface area contributed by atoms with Crippen LogP contribution in [0.2, 0.25) is 0 Å². The Morgan fingerprint density at radius 3 is 2.60 bits per heavy atom. The molecule has 108 valence electrons. The molecule has 2 aliphatic carbocycles. The van der Waals surface area contributed by atoms with Gasteiger partial charge in [0, 0.05) is 0 Å². The Morgan fingerprint density at radius 2 is 1.85 bits per heavy atom. The van der Waals surface area contributed by atoms with Gasteiger partial charge in [-0.15, -0.1) is 0 Å². The molecule has 0 unspecified atom stereocenters. The Balaban J connectivity index is 1.69. The number of rotatable bonds is 4. The Hall–Kier alpha value is -1.51. The molecule has 0 amide bonds. The zero-order chi connectivity index (χ0) is 14.0. The highest BCUT2D eigenvalue weighted by Gasteiger charge is 2.40. The van der Waals surface area contributed by atoms with Crippen LogP contribution in [0.25, 0.3) is 0 Å². The first-order valence-electron chi connectivity index (χ1n) is 7.68. The molecule has 3 heteroatoms. The number of aryl methyl sites for hydroxylation is 2. The zero-order valence-corrected chi connectivity index (χ0v) is 11.9. The minimum Gasteiger partial charge on any atom is -0.492 e. The summed E-state index contributed by atoms with van der Waals surface area (Å²) < 4.78 is 5.85. The van der Waals surface area contributed by atoms with Gasteiger partial charge in [0.1, 0.15) is 17.8 Å². The lowest BCUT2D eigenvalue weighted by Crippen LogP contribution is -2.39. The number of hydrogen-bond acceptors (Lipinski definition) is 2. The van der Waals surface area contributed by atoms with Crippen LogP contribution in [0.15, 0.2) is 18.2 Å². The Morgan fingerprint density at radius 1 is 1.10 bits per heavy atom. The van der Waals surface area contributed by atoms with Crippen LogP contribution in [0.5, 0.6) is 5.75 Å². The molecule has 2 aliphatic rings.